The lowest BCUT2D eigenvalue weighted by molar-refractivity contribution is -0.179. The van der Waals surface area contributed by atoms with Gasteiger partial charge < -0.3 is 14.6 Å². The molecule has 1 spiro atoms. The van der Waals surface area contributed by atoms with Gasteiger partial charge in [-0.1, -0.05) is 0 Å². The normalized spacial score (nSPS) is 29.8. The average Bonchev–Trinajstić information content (AvgIpc) is 2.95. The lowest BCUT2D eigenvalue weighted by Crippen LogP contribution is -2.53. The average molecular weight is 348 g/mol. The van der Waals surface area contributed by atoms with Crippen molar-refractivity contribution < 1.29 is 27.8 Å². The molecule has 3 saturated heterocycles. The molecular weight excluding hydrogens is 324 g/mol. The third-order valence-electron chi connectivity index (χ3n) is 4.90. The van der Waals surface area contributed by atoms with Crippen LogP contribution in [-0.2, 0) is 24.5 Å². The van der Waals surface area contributed by atoms with Gasteiger partial charge >= 0.3 is 5.97 Å². The second kappa shape index (κ2) is 6.64. The summed E-state index contributed by atoms with van der Waals surface area (Å²) in [4.78, 5) is 10.9. The van der Waals surface area contributed by atoms with E-state index in [4.69, 9.17) is 14.6 Å². The molecule has 3 fully saturated rings. The van der Waals surface area contributed by atoms with Crippen LogP contribution in [0, 0.1) is 5.92 Å². The molecule has 0 saturated carbocycles. The lowest BCUT2D eigenvalue weighted by Gasteiger charge is -2.40. The molecule has 1 unspecified atom stereocenters. The number of carboxylic acid groups (broad SMARTS) is 1. The zero-order valence-corrected chi connectivity index (χ0v) is 14.0. The quantitative estimate of drug-likeness (QED) is 0.783. The van der Waals surface area contributed by atoms with Gasteiger partial charge in [0.25, 0.3) is 10.2 Å². The van der Waals surface area contributed by atoms with E-state index in [9.17, 15) is 13.2 Å². The highest BCUT2D eigenvalue weighted by atomic mass is 32.2. The monoisotopic (exact) mass is 348 g/mol. The van der Waals surface area contributed by atoms with Crippen molar-refractivity contribution in [3.8, 4) is 0 Å². The number of piperidine rings is 2. The zero-order chi connectivity index (χ0) is 16.5. The van der Waals surface area contributed by atoms with Crippen LogP contribution in [0.1, 0.15) is 32.1 Å². The number of aliphatic carboxylic acids is 1. The van der Waals surface area contributed by atoms with E-state index in [1.807, 2.05) is 0 Å². The predicted octanol–water partition coefficient (Wildman–Crippen LogP) is 0.257. The van der Waals surface area contributed by atoms with Gasteiger partial charge in [0, 0.05) is 45.4 Å². The second-order valence-electron chi connectivity index (χ2n) is 6.48. The smallest absolute Gasteiger partial charge is 0.303 e. The second-order valence-corrected chi connectivity index (χ2v) is 8.41. The lowest BCUT2D eigenvalue weighted by atomic mass is 9.96. The maximum atomic E-state index is 12.8. The third-order valence-corrected chi connectivity index (χ3v) is 6.90. The highest BCUT2D eigenvalue weighted by molar-refractivity contribution is 7.86. The molecule has 0 aromatic heterocycles. The van der Waals surface area contributed by atoms with E-state index >= 15 is 0 Å². The van der Waals surface area contributed by atoms with Crippen LogP contribution >= 0.6 is 0 Å². The van der Waals surface area contributed by atoms with E-state index in [-0.39, 0.29) is 12.3 Å². The number of ether oxygens (including phenoxy) is 2. The van der Waals surface area contributed by atoms with Crippen molar-refractivity contribution in [3.05, 3.63) is 0 Å². The standard InChI is InChI=1S/C14H24N2O6S/c17-13(18)10-12-2-1-5-16(11-12)23(19,20)15-6-3-14(4-7-15)21-8-9-22-14/h12H,1-11H2,(H,17,18). The van der Waals surface area contributed by atoms with Gasteiger partial charge in [-0.2, -0.15) is 17.0 Å². The van der Waals surface area contributed by atoms with E-state index < -0.39 is 22.0 Å². The summed E-state index contributed by atoms with van der Waals surface area (Å²) < 4.78 is 39.8. The Balaban J connectivity index is 1.61. The van der Waals surface area contributed by atoms with E-state index in [0.717, 1.165) is 6.42 Å². The number of hydrogen-bond donors (Lipinski definition) is 1. The van der Waals surface area contributed by atoms with Crippen molar-refractivity contribution in [3.63, 3.8) is 0 Å². The van der Waals surface area contributed by atoms with Gasteiger partial charge in [0.2, 0.25) is 0 Å². The molecule has 3 rings (SSSR count). The molecule has 0 aliphatic carbocycles. The first-order valence-electron chi connectivity index (χ1n) is 8.16. The third kappa shape index (κ3) is 3.69. The highest BCUT2D eigenvalue weighted by Crippen LogP contribution is 2.33. The zero-order valence-electron chi connectivity index (χ0n) is 13.1. The summed E-state index contributed by atoms with van der Waals surface area (Å²) in [6.45, 7) is 2.65. The number of hydrogen-bond acceptors (Lipinski definition) is 5. The van der Waals surface area contributed by atoms with E-state index in [1.165, 1.54) is 8.61 Å². The minimum atomic E-state index is -3.54. The summed E-state index contributed by atoms with van der Waals surface area (Å²) in [6, 6.07) is 0. The predicted molar refractivity (Wildman–Crippen MR) is 80.9 cm³/mol. The molecule has 23 heavy (non-hydrogen) atoms. The van der Waals surface area contributed by atoms with Crippen LogP contribution in [0.15, 0.2) is 0 Å². The molecule has 0 radical (unpaired) electrons. The Labute approximate surface area is 136 Å². The van der Waals surface area contributed by atoms with Gasteiger partial charge in [-0.15, -0.1) is 0 Å². The summed E-state index contributed by atoms with van der Waals surface area (Å²) >= 11 is 0. The Morgan fingerprint density at radius 3 is 2.39 bits per heavy atom. The van der Waals surface area contributed by atoms with Crippen LogP contribution in [0.25, 0.3) is 0 Å². The van der Waals surface area contributed by atoms with Gasteiger partial charge in [0.15, 0.2) is 5.79 Å². The topological polar surface area (TPSA) is 96.4 Å². The number of rotatable bonds is 4. The molecule has 132 valence electrons. The van der Waals surface area contributed by atoms with Crippen LogP contribution < -0.4 is 0 Å². The van der Waals surface area contributed by atoms with E-state index in [0.29, 0.717) is 58.7 Å². The fourth-order valence-electron chi connectivity index (χ4n) is 3.66. The molecule has 0 aromatic rings. The maximum absolute atomic E-state index is 12.8. The molecule has 1 N–H and O–H groups in total. The summed E-state index contributed by atoms with van der Waals surface area (Å²) in [5.74, 6) is -1.57. The van der Waals surface area contributed by atoms with Crippen molar-refractivity contribution in [2.45, 2.75) is 37.9 Å². The summed E-state index contributed by atoms with van der Waals surface area (Å²) in [7, 11) is -3.54. The van der Waals surface area contributed by atoms with Crippen molar-refractivity contribution >= 4 is 16.2 Å². The van der Waals surface area contributed by atoms with Crippen LogP contribution in [0.4, 0.5) is 0 Å². The molecule has 3 heterocycles. The minimum Gasteiger partial charge on any atom is -0.481 e. The van der Waals surface area contributed by atoms with Gasteiger partial charge in [0.05, 0.1) is 13.2 Å². The molecule has 0 amide bonds. The Morgan fingerprint density at radius 2 is 1.78 bits per heavy atom. The molecule has 1 atom stereocenters. The Kier molecular flexibility index (Phi) is 4.93. The summed E-state index contributed by atoms with van der Waals surface area (Å²) in [6.07, 6.45) is 2.58. The number of carbonyl (C=O) groups is 1. The van der Waals surface area contributed by atoms with Crippen molar-refractivity contribution in [1.29, 1.82) is 0 Å². The fourth-order valence-corrected chi connectivity index (χ4v) is 5.39. The first-order chi connectivity index (χ1) is 10.9. The van der Waals surface area contributed by atoms with E-state index in [2.05, 4.69) is 0 Å². The van der Waals surface area contributed by atoms with Crippen molar-refractivity contribution in [2.75, 3.05) is 39.4 Å². The fraction of sp³-hybridized carbons (Fsp3) is 0.929. The molecule has 8 nitrogen and oxygen atoms in total. The molecular formula is C14H24N2O6S. The van der Waals surface area contributed by atoms with Crippen LogP contribution in [0.3, 0.4) is 0 Å². The van der Waals surface area contributed by atoms with Crippen LogP contribution in [-0.4, -0.2) is 73.3 Å². The molecule has 3 aliphatic rings. The minimum absolute atomic E-state index is 0.0246. The van der Waals surface area contributed by atoms with Gasteiger partial charge in [-0.25, -0.2) is 0 Å². The first kappa shape index (κ1) is 17.1. The SMILES string of the molecule is O=C(O)CC1CCCN(S(=O)(=O)N2CCC3(CC2)OCCO3)C1. The van der Waals surface area contributed by atoms with E-state index in [1.54, 1.807) is 0 Å². The van der Waals surface area contributed by atoms with Crippen molar-refractivity contribution in [1.82, 2.24) is 8.61 Å². The Bertz CT molecular complexity index is 535. The van der Waals surface area contributed by atoms with Gasteiger partial charge in [-0.3, -0.25) is 4.79 Å². The first-order valence-corrected chi connectivity index (χ1v) is 9.56. The number of nitrogens with zero attached hydrogens (tertiary/aromatic N) is 2. The Hall–Kier alpha value is -0.740. The maximum Gasteiger partial charge on any atom is 0.303 e. The number of carboxylic acids is 1. The molecule has 3 aliphatic heterocycles. The van der Waals surface area contributed by atoms with Crippen LogP contribution in [0.5, 0.6) is 0 Å². The van der Waals surface area contributed by atoms with Gasteiger partial charge in [0.1, 0.15) is 0 Å². The Morgan fingerprint density at radius 1 is 1.13 bits per heavy atom. The largest absolute Gasteiger partial charge is 0.481 e. The summed E-state index contributed by atoms with van der Waals surface area (Å²) in [5, 5.41) is 8.92. The van der Waals surface area contributed by atoms with Crippen LogP contribution in [0.2, 0.25) is 0 Å². The molecule has 0 aromatic carbocycles. The molecule has 0 bridgehead atoms. The van der Waals surface area contributed by atoms with Crippen molar-refractivity contribution in [2.24, 2.45) is 5.92 Å². The summed E-state index contributed by atoms with van der Waals surface area (Å²) in [5.41, 5.74) is 0. The van der Waals surface area contributed by atoms with Gasteiger partial charge in [-0.05, 0) is 18.8 Å². The molecule has 9 heteroatoms. The highest BCUT2D eigenvalue weighted by Gasteiger charge is 2.44.